The summed E-state index contributed by atoms with van der Waals surface area (Å²) in [6.45, 7) is 4.22. The van der Waals surface area contributed by atoms with Crippen molar-refractivity contribution in [1.29, 1.82) is 0 Å². The summed E-state index contributed by atoms with van der Waals surface area (Å²) in [7, 11) is 0. The van der Waals surface area contributed by atoms with Crippen LogP contribution in [0.25, 0.3) is 0 Å². The van der Waals surface area contributed by atoms with Gasteiger partial charge in [-0.05, 0) is 6.92 Å². The molecule has 7 nitrogen and oxygen atoms in total. The summed E-state index contributed by atoms with van der Waals surface area (Å²) in [5.74, 6) is -0.227. The lowest BCUT2D eigenvalue weighted by Crippen LogP contribution is -2.47. The molecular formula is C13H19N3O4. The van der Waals surface area contributed by atoms with Crippen molar-refractivity contribution in [2.45, 2.75) is 31.6 Å². The smallest absolute Gasteiger partial charge is 0.275 e. The van der Waals surface area contributed by atoms with E-state index in [4.69, 9.17) is 19.6 Å². The van der Waals surface area contributed by atoms with Crippen LogP contribution in [-0.2, 0) is 9.47 Å². The van der Waals surface area contributed by atoms with E-state index >= 15 is 0 Å². The lowest BCUT2D eigenvalue weighted by molar-refractivity contribution is -0.181. The zero-order valence-electron chi connectivity index (χ0n) is 11.5. The van der Waals surface area contributed by atoms with E-state index in [9.17, 15) is 4.79 Å². The average molecular weight is 281 g/mol. The van der Waals surface area contributed by atoms with Crippen molar-refractivity contribution >= 4 is 5.91 Å². The van der Waals surface area contributed by atoms with E-state index in [1.165, 1.54) is 6.26 Å². The summed E-state index contributed by atoms with van der Waals surface area (Å²) in [6, 6.07) is -0.318. The van der Waals surface area contributed by atoms with Crippen molar-refractivity contribution in [3.63, 3.8) is 0 Å². The van der Waals surface area contributed by atoms with Crippen LogP contribution in [0.5, 0.6) is 0 Å². The minimum atomic E-state index is -0.475. The first kappa shape index (κ1) is 13.5. The molecular weight excluding hydrogens is 262 g/mol. The molecule has 2 aliphatic rings. The fraction of sp³-hybridized carbons (Fsp3) is 0.692. The van der Waals surface area contributed by atoms with Gasteiger partial charge in [-0.2, -0.15) is 0 Å². The summed E-state index contributed by atoms with van der Waals surface area (Å²) in [5, 5.41) is 0. The lowest BCUT2D eigenvalue weighted by atomic mass is 10.0. The van der Waals surface area contributed by atoms with Crippen LogP contribution in [0.2, 0.25) is 0 Å². The highest BCUT2D eigenvalue weighted by Gasteiger charge is 2.41. The Labute approximate surface area is 117 Å². The Morgan fingerprint density at radius 1 is 1.40 bits per heavy atom. The number of likely N-dealkylation sites (tertiary alicyclic amines) is 1. The predicted molar refractivity (Wildman–Crippen MR) is 68.9 cm³/mol. The lowest BCUT2D eigenvalue weighted by Gasteiger charge is -2.37. The molecule has 7 heteroatoms. The Morgan fingerprint density at radius 3 is 2.60 bits per heavy atom. The van der Waals surface area contributed by atoms with Crippen LogP contribution >= 0.6 is 0 Å². The Hall–Kier alpha value is -1.44. The number of rotatable bonds is 2. The number of nitrogens with two attached hydrogens (primary N) is 1. The first-order valence-electron chi connectivity index (χ1n) is 6.88. The second-order valence-corrected chi connectivity index (χ2v) is 5.26. The van der Waals surface area contributed by atoms with E-state index in [2.05, 4.69) is 4.98 Å². The van der Waals surface area contributed by atoms with Gasteiger partial charge in [-0.3, -0.25) is 4.79 Å². The van der Waals surface area contributed by atoms with Gasteiger partial charge in [0.2, 0.25) is 5.89 Å². The molecule has 0 aliphatic carbocycles. The Bertz CT molecular complexity index is 484. The van der Waals surface area contributed by atoms with E-state index in [0.29, 0.717) is 50.7 Å². The SMILES string of the molecule is CC(N)c1nc(C(=O)N2CCC3(CC2)OCCO3)co1. The zero-order chi connectivity index (χ0) is 14.2. The molecule has 2 N–H and O–H groups in total. The fourth-order valence-electron chi connectivity index (χ4n) is 2.59. The quantitative estimate of drug-likeness (QED) is 0.857. The highest BCUT2D eigenvalue weighted by molar-refractivity contribution is 5.92. The number of oxazole rings is 1. The van der Waals surface area contributed by atoms with Crippen LogP contribution in [0.1, 0.15) is 42.2 Å². The van der Waals surface area contributed by atoms with Gasteiger partial charge in [-0.15, -0.1) is 0 Å². The van der Waals surface area contributed by atoms with E-state index in [1.807, 2.05) is 0 Å². The van der Waals surface area contributed by atoms with Gasteiger partial charge >= 0.3 is 0 Å². The molecule has 20 heavy (non-hydrogen) atoms. The number of piperidine rings is 1. The molecule has 1 aromatic rings. The first-order valence-corrected chi connectivity index (χ1v) is 6.88. The third-order valence-electron chi connectivity index (χ3n) is 3.76. The van der Waals surface area contributed by atoms with Crippen LogP contribution in [-0.4, -0.2) is 47.9 Å². The summed E-state index contributed by atoms with van der Waals surface area (Å²) in [6.07, 6.45) is 2.75. The van der Waals surface area contributed by atoms with Gasteiger partial charge in [0.15, 0.2) is 11.5 Å². The van der Waals surface area contributed by atoms with Crippen molar-refractivity contribution in [2.24, 2.45) is 5.73 Å². The molecule has 1 amide bonds. The summed E-state index contributed by atoms with van der Waals surface area (Å²) < 4.78 is 16.5. The third-order valence-corrected chi connectivity index (χ3v) is 3.76. The molecule has 3 rings (SSSR count). The predicted octanol–water partition coefficient (Wildman–Crippen LogP) is 0.673. The maximum Gasteiger partial charge on any atom is 0.275 e. The molecule has 2 aliphatic heterocycles. The minimum Gasteiger partial charge on any atom is -0.446 e. The maximum atomic E-state index is 12.3. The van der Waals surface area contributed by atoms with Crippen molar-refractivity contribution in [1.82, 2.24) is 9.88 Å². The molecule has 0 saturated carbocycles. The molecule has 1 aromatic heterocycles. The van der Waals surface area contributed by atoms with Crippen LogP contribution in [0.4, 0.5) is 0 Å². The molecule has 110 valence electrons. The van der Waals surface area contributed by atoms with Crippen molar-refractivity contribution in [3.8, 4) is 0 Å². The molecule has 0 aromatic carbocycles. The molecule has 0 radical (unpaired) electrons. The van der Waals surface area contributed by atoms with Gasteiger partial charge in [0, 0.05) is 25.9 Å². The summed E-state index contributed by atoms with van der Waals surface area (Å²) in [5.41, 5.74) is 5.98. The van der Waals surface area contributed by atoms with Gasteiger partial charge in [0.25, 0.3) is 5.91 Å². The van der Waals surface area contributed by atoms with Crippen molar-refractivity contribution in [2.75, 3.05) is 26.3 Å². The molecule has 1 atom stereocenters. The minimum absolute atomic E-state index is 0.131. The summed E-state index contributed by atoms with van der Waals surface area (Å²) in [4.78, 5) is 18.2. The second kappa shape index (κ2) is 5.16. The van der Waals surface area contributed by atoms with Crippen LogP contribution in [0, 0.1) is 0 Å². The zero-order valence-corrected chi connectivity index (χ0v) is 11.5. The molecule has 0 bridgehead atoms. The average Bonchev–Trinajstić information content (AvgIpc) is 3.08. The van der Waals surface area contributed by atoms with Gasteiger partial charge in [-0.25, -0.2) is 4.98 Å². The van der Waals surface area contributed by atoms with E-state index in [-0.39, 0.29) is 11.9 Å². The molecule has 1 unspecified atom stereocenters. The Kier molecular flexibility index (Phi) is 3.49. The Morgan fingerprint density at radius 2 is 2.05 bits per heavy atom. The highest BCUT2D eigenvalue weighted by Crippen LogP contribution is 2.31. The van der Waals surface area contributed by atoms with Crippen LogP contribution < -0.4 is 5.73 Å². The normalized spacial score (nSPS) is 23.2. The number of hydrogen-bond acceptors (Lipinski definition) is 6. The van der Waals surface area contributed by atoms with Crippen LogP contribution in [0.3, 0.4) is 0 Å². The number of amides is 1. The molecule has 2 saturated heterocycles. The Balaban J connectivity index is 1.63. The van der Waals surface area contributed by atoms with E-state index < -0.39 is 5.79 Å². The maximum absolute atomic E-state index is 12.3. The fourth-order valence-corrected chi connectivity index (χ4v) is 2.59. The number of carbonyl (C=O) groups is 1. The topological polar surface area (TPSA) is 90.8 Å². The van der Waals surface area contributed by atoms with E-state index in [0.717, 1.165) is 0 Å². The van der Waals surface area contributed by atoms with E-state index in [1.54, 1.807) is 11.8 Å². The standard InChI is InChI=1S/C13H19N3O4/c1-9(14)11-15-10(8-18-11)12(17)16-4-2-13(3-5-16)19-6-7-20-13/h8-9H,2-7,14H2,1H3. The van der Waals surface area contributed by atoms with Gasteiger partial charge in [0.05, 0.1) is 19.3 Å². The number of ether oxygens (including phenoxy) is 2. The number of hydrogen-bond donors (Lipinski definition) is 1. The van der Waals surface area contributed by atoms with Crippen molar-refractivity contribution in [3.05, 3.63) is 17.8 Å². The summed E-state index contributed by atoms with van der Waals surface area (Å²) >= 11 is 0. The first-order chi connectivity index (χ1) is 9.60. The number of aromatic nitrogens is 1. The second-order valence-electron chi connectivity index (χ2n) is 5.26. The molecule has 1 spiro atoms. The largest absolute Gasteiger partial charge is 0.446 e. The van der Waals surface area contributed by atoms with Crippen molar-refractivity contribution < 1.29 is 18.7 Å². The van der Waals surface area contributed by atoms with Gasteiger partial charge < -0.3 is 24.5 Å². The van der Waals surface area contributed by atoms with Gasteiger partial charge in [0.1, 0.15) is 6.26 Å². The number of nitrogens with zero attached hydrogens (tertiary/aromatic N) is 2. The van der Waals surface area contributed by atoms with Gasteiger partial charge in [-0.1, -0.05) is 0 Å². The monoisotopic (exact) mass is 281 g/mol. The van der Waals surface area contributed by atoms with Crippen LogP contribution in [0.15, 0.2) is 10.7 Å². The third kappa shape index (κ3) is 2.44. The molecule has 2 fully saturated rings. The highest BCUT2D eigenvalue weighted by atomic mass is 16.7. The molecule has 3 heterocycles. The number of carbonyl (C=O) groups excluding carboxylic acids is 1.